The number of carbonyl (C=O) groups excluding carboxylic acids is 1. The van der Waals surface area contributed by atoms with Crippen LogP contribution in [0.2, 0.25) is 0 Å². The van der Waals surface area contributed by atoms with Crippen LogP contribution in [-0.4, -0.2) is 49.7 Å². The smallest absolute Gasteiger partial charge is 0.320 e. The topological polar surface area (TPSA) is 41.6 Å². The van der Waals surface area contributed by atoms with Gasteiger partial charge in [0, 0.05) is 12.6 Å². The number of likely N-dealkylation sites (tertiary alicyclic amines) is 1. The average Bonchev–Trinajstić information content (AvgIpc) is 2.28. The van der Waals surface area contributed by atoms with Gasteiger partial charge in [-0.15, -0.1) is 0 Å². The third kappa shape index (κ3) is 4.49. The first-order chi connectivity index (χ1) is 7.77. The van der Waals surface area contributed by atoms with E-state index < -0.39 is 0 Å². The van der Waals surface area contributed by atoms with Crippen molar-refractivity contribution in [2.75, 3.05) is 32.8 Å². The van der Waals surface area contributed by atoms with Gasteiger partial charge in [-0.3, -0.25) is 9.69 Å². The number of piperidine rings is 1. The second kappa shape index (κ2) is 7.63. The molecule has 0 aromatic carbocycles. The third-order valence-electron chi connectivity index (χ3n) is 3.02. The number of esters is 1. The molecule has 1 rings (SSSR count). The summed E-state index contributed by atoms with van der Waals surface area (Å²) in [5.74, 6) is -0.0918. The minimum Gasteiger partial charge on any atom is -0.465 e. The number of carbonyl (C=O) groups is 1. The lowest BCUT2D eigenvalue weighted by molar-refractivity contribution is -0.145. The van der Waals surface area contributed by atoms with Crippen molar-refractivity contribution in [3.63, 3.8) is 0 Å². The van der Waals surface area contributed by atoms with Crippen LogP contribution in [-0.2, 0) is 9.53 Å². The molecule has 1 aliphatic heterocycles. The average molecular weight is 228 g/mol. The molecule has 0 spiro atoms. The van der Waals surface area contributed by atoms with Gasteiger partial charge in [0.05, 0.1) is 13.2 Å². The van der Waals surface area contributed by atoms with Gasteiger partial charge in [0.1, 0.15) is 0 Å². The van der Waals surface area contributed by atoms with Crippen LogP contribution in [0.15, 0.2) is 0 Å². The molecule has 0 aromatic rings. The summed E-state index contributed by atoms with van der Waals surface area (Å²) in [6, 6.07) is 0.498. The molecule has 1 fully saturated rings. The number of ether oxygens (including phenoxy) is 1. The van der Waals surface area contributed by atoms with Gasteiger partial charge in [0.15, 0.2) is 0 Å². The highest BCUT2D eigenvalue weighted by Gasteiger charge is 2.23. The number of likely N-dealkylation sites (N-methyl/N-ethyl adjacent to an activating group) is 1. The molecule has 0 bridgehead atoms. The van der Waals surface area contributed by atoms with E-state index in [2.05, 4.69) is 17.1 Å². The Kier molecular flexibility index (Phi) is 6.42. The first-order valence-corrected chi connectivity index (χ1v) is 6.38. The largest absolute Gasteiger partial charge is 0.465 e. The van der Waals surface area contributed by atoms with Crippen molar-refractivity contribution in [3.8, 4) is 0 Å². The number of hydrogen-bond donors (Lipinski definition) is 1. The predicted molar refractivity (Wildman–Crippen MR) is 64.4 cm³/mol. The molecule has 1 unspecified atom stereocenters. The highest BCUT2D eigenvalue weighted by Crippen LogP contribution is 2.16. The molecule has 0 saturated carbocycles. The Morgan fingerprint density at radius 2 is 2.25 bits per heavy atom. The lowest BCUT2D eigenvalue weighted by atomic mass is 10.0. The molecular formula is C12H24N2O2. The minimum atomic E-state index is -0.0918. The molecule has 0 radical (unpaired) electrons. The normalized spacial score (nSPS) is 22.0. The zero-order valence-electron chi connectivity index (χ0n) is 10.5. The van der Waals surface area contributed by atoms with Crippen LogP contribution in [0.3, 0.4) is 0 Å². The molecule has 4 heteroatoms. The van der Waals surface area contributed by atoms with Crippen molar-refractivity contribution in [2.24, 2.45) is 0 Å². The van der Waals surface area contributed by atoms with Gasteiger partial charge in [-0.2, -0.15) is 0 Å². The van der Waals surface area contributed by atoms with E-state index in [0.717, 1.165) is 19.6 Å². The van der Waals surface area contributed by atoms with Gasteiger partial charge in [0.2, 0.25) is 0 Å². The van der Waals surface area contributed by atoms with Gasteiger partial charge in [-0.1, -0.05) is 13.3 Å². The highest BCUT2D eigenvalue weighted by atomic mass is 16.5. The molecule has 94 valence electrons. The second-order valence-corrected chi connectivity index (χ2v) is 4.23. The summed E-state index contributed by atoms with van der Waals surface area (Å²) < 4.78 is 5.00. The summed E-state index contributed by atoms with van der Waals surface area (Å²) in [6.07, 6.45) is 3.66. The molecule has 0 aliphatic carbocycles. The summed E-state index contributed by atoms with van der Waals surface area (Å²) >= 11 is 0. The lowest BCUT2D eigenvalue weighted by Gasteiger charge is -2.35. The van der Waals surface area contributed by atoms with Gasteiger partial charge in [-0.25, -0.2) is 0 Å². The van der Waals surface area contributed by atoms with Crippen molar-refractivity contribution in [3.05, 3.63) is 0 Å². The van der Waals surface area contributed by atoms with E-state index in [1.165, 1.54) is 19.3 Å². The van der Waals surface area contributed by atoms with Crippen LogP contribution in [0.5, 0.6) is 0 Å². The standard InChI is InChI=1S/C12H24N2O2/c1-3-13-9-11-7-5-6-8-14(11)10-12(15)16-4-2/h11,13H,3-10H2,1-2H3. The van der Waals surface area contributed by atoms with Gasteiger partial charge in [0.25, 0.3) is 0 Å². The molecular weight excluding hydrogens is 204 g/mol. The quantitative estimate of drug-likeness (QED) is 0.689. The molecule has 4 nitrogen and oxygen atoms in total. The van der Waals surface area contributed by atoms with E-state index in [1.807, 2.05) is 6.92 Å². The highest BCUT2D eigenvalue weighted by molar-refractivity contribution is 5.71. The molecule has 0 amide bonds. The van der Waals surface area contributed by atoms with Crippen LogP contribution in [0.4, 0.5) is 0 Å². The predicted octanol–water partition coefficient (Wildman–Crippen LogP) is 1.01. The van der Waals surface area contributed by atoms with Gasteiger partial charge in [-0.05, 0) is 32.9 Å². The summed E-state index contributed by atoms with van der Waals surface area (Å²) in [6.45, 7) is 7.88. The molecule has 16 heavy (non-hydrogen) atoms. The zero-order valence-corrected chi connectivity index (χ0v) is 10.5. The van der Waals surface area contributed by atoms with Crippen molar-refractivity contribution >= 4 is 5.97 Å². The van der Waals surface area contributed by atoms with E-state index in [1.54, 1.807) is 0 Å². The first kappa shape index (κ1) is 13.5. The zero-order chi connectivity index (χ0) is 11.8. The van der Waals surface area contributed by atoms with Gasteiger partial charge < -0.3 is 10.1 Å². The van der Waals surface area contributed by atoms with Crippen molar-refractivity contribution in [1.82, 2.24) is 10.2 Å². The Labute approximate surface area is 98.3 Å². The van der Waals surface area contributed by atoms with E-state index in [4.69, 9.17) is 4.74 Å². The van der Waals surface area contributed by atoms with Crippen LogP contribution >= 0.6 is 0 Å². The minimum absolute atomic E-state index is 0.0918. The maximum Gasteiger partial charge on any atom is 0.320 e. The van der Waals surface area contributed by atoms with Gasteiger partial charge >= 0.3 is 5.97 Å². The van der Waals surface area contributed by atoms with Crippen molar-refractivity contribution in [1.29, 1.82) is 0 Å². The fourth-order valence-electron chi connectivity index (χ4n) is 2.18. The van der Waals surface area contributed by atoms with E-state index in [-0.39, 0.29) is 5.97 Å². The molecule has 1 atom stereocenters. The Morgan fingerprint density at radius 1 is 1.44 bits per heavy atom. The van der Waals surface area contributed by atoms with E-state index in [9.17, 15) is 4.79 Å². The fourth-order valence-corrected chi connectivity index (χ4v) is 2.18. The molecule has 1 saturated heterocycles. The van der Waals surface area contributed by atoms with Crippen molar-refractivity contribution < 1.29 is 9.53 Å². The second-order valence-electron chi connectivity index (χ2n) is 4.23. The molecule has 1 aliphatic rings. The molecule has 0 aromatic heterocycles. The maximum absolute atomic E-state index is 11.4. The SMILES string of the molecule is CCNCC1CCCCN1CC(=O)OCC. The summed E-state index contributed by atoms with van der Waals surface area (Å²) in [7, 11) is 0. The Morgan fingerprint density at radius 3 is 2.94 bits per heavy atom. The first-order valence-electron chi connectivity index (χ1n) is 6.38. The summed E-state index contributed by atoms with van der Waals surface area (Å²) in [4.78, 5) is 13.7. The maximum atomic E-state index is 11.4. The number of rotatable bonds is 6. The van der Waals surface area contributed by atoms with Crippen molar-refractivity contribution in [2.45, 2.75) is 39.2 Å². The number of nitrogens with zero attached hydrogens (tertiary/aromatic N) is 1. The third-order valence-corrected chi connectivity index (χ3v) is 3.02. The van der Waals surface area contributed by atoms with E-state index in [0.29, 0.717) is 19.2 Å². The van der Waals surface area contributed by atoms with E-state index >= 15 is 0 Å². The van der Waals surface area contributed by atoms with Crippen LogP contribution < -0.4 is 5.32 Å². The Balaban J connectivity index is 2.37. The Bertz CT molecular complexity index is 209. The summed E-state index contributed by atoms with van der Waals surface area (Å²) in [5, 5.41) is 3.36. The number of nitrogens with one attached hydrogen (secondary N) is 1. The molecule has 1 N–H and O–H groups in total. The lowest BCUT2D eigenvalue weighted by Crippen LogP contribution is -2.47. The fraction of sp³-hybridized carbons (Fsp3) is 0.917. The monoisotopic (exact) mass is 228 g/mol. The number of hydrogen-bond acceptors (Lipinski definition) is 4. The van der Waals surface area contributed by atoms with Crippen LogP contribution in [0, 0.1) is 0 Å². The van der Waals surface area contributed by atoms with Crippen LogP contribution in [0.1, 0.15) is 33.1 Å². The summed E-state index contributed by atoms with van der Waals surface area (Å²) in [5.41, 5.74) is 0. The Hall–Kier alpha value is -0.610. The molecule has 1 heterocycles. The van der Waals surface area contributed by atoms with Crippen LogP contribution in [0.25, 0.3) is 0 Å².